The minimum atomic E-state index is -0.0254. The summed E-state index contributed by atoms with van der Waals surface area (Å²) in [7, 11) is 0. The molecule has 0 amide bonds. The topological polar surface area (TPSA) is 36.0 Å². The van der Waals surface area contributed by atoms with Crippen LogP contribution >= 0.6 is 15.9 Å². The van der Waals surface area contributed by atoms with Gasteiger partial charge in [0.25, 0.3) is 0 Å². The van der Waals surface area contributed by atoms with Crippen LogP contribution in [0.2, 0.25) is 0 Å². The van der Waals surface area contributed by atoms with Crippen molar-refractivity contribution in [2.75, 3.05) is 57.3 Å². The summed E-state index contributed by atoms with van der Waals surface area (Å²) in [4.78, 5) is 19.9. The van der Waals surface area contributed by atoms with E-state index < -0.39 is 0 Å². The molecule has 0 radical (unpaired) electrons. The van der Waals surface area contributed by atoms with Gasteiger partial charge in [0.15, 0.2) is 0 Å². The Hall–Kier alpha value is -1.11. The van der Waals surface area contributed by atoms with Crippen LogP contribution in [0, 0.1) is 0 Å². The van der Waals surface area contributed by atoms with Gasteiger partial charge < -0.3 is 9.64 Å². The molecule has 162 valence electrons. The van der Waals surface area contributed by atoms with Crippen molar-refractivity contribution in [3.05, 3.63) is 28.7 Å². The van der Waals surface area contributed by atoms with Crippen LogP contribution in [0.25, 0.3) is 0 Å². The van der Waals surface area contributed by atoms with Crippen molar-refractivity contribution in [1.29, 1.82) is 0 Å². The number of hydrogen-bond acceptors (Lipinski definition) is 5. The number of anilines is 1. The maximum absolute atomic E-state index is 12.4. The van der Waals surface area contributed by atoms with Gasteiger partial charge >= 0.3 is 5.97 Å². The predicted octanol–water partition coefficient (Wildman–Crippen LogP) is 4.16. The Kier molecular flexibility index (Phi) is 9.28. The number of hydrogen-bond donors (Lipinski definition) is 0. The molecule has 1 aromatic rings. The van der Waals surface area contributed by atoms with Crippen LogP contribution in [0.5, 0.6) is 0 Å². The first kappa shape index (κ1) is 22.6. The molecule has 2 fully saturated rings. The third-order valence-electron chi connectivity index (χ3n) is 6.10. The first-order valence-electron chi connectivity index (χ1n) is 11.3. The molecule has 0 bridgehead atoms. The number of ether oxygens (including phenoxy) is 1. The van der Waals surface area contributed by atoms with Crippen LogP contribution < -0.4 is 4.90 Å². The third kappa shape index (κ3) is 7.26. The number of nitrogens with zero attached hydrogens (tertiary/aromatic N) is 3. The predicted molar refractivity (Wildman–Crippen MR) is 122 cm³/mol. The number of piperazine rings is 1. The molecule has 3 rings (SSSR count). The molecule has 5 nitrogen and oxygen atoms in total. The molecule has 1 aromatic carbocycles. The molecule has 0 aromatic heterocycles. The van der Waals surface area contributed by atoms with Crippen LogP contribution in [0.3, 0.4) is 0 Å². The standard InChI is InChI=1S/C23H36BrN3O2/c1-2-3-17-29-23(28)18-22(26-11-5-4-6-12-26)19-25-13-15-27(16-14-25)21-9-7-20(24)8-10-21/h7-10,22H,2-6,11-19H2,1H3. The first-order chi connectivity index (χ1) is 14.2. The van der Waals surface area contributed by atoms with Crippen LogP contribution in [0.4, 0.5) is 5.69 Å². The highest BCUT2D eigenvalue weighted by Gasteiger charge is 2.27. The van der Waals surface area contributed by atoms with Crippen LogP contribution in [-0.2, 0) is 9.53 Å². The molecule has 6 heteroatoms. The fourth-order valence-corrected chi connectivity index (χ4v) is 4.58. The lowest BCUT2D eigenvalue weighted by atomic mass is 10.0. The second-order valence-electron chi connectivity index (χ2n) is 8.29. The van der Waals surface area contributed by atoms with E-state index in [2.05, 4.69) is 61.8 Å². The summed E-state index contributed by atoms with van der Waals surface area (Å²) in [5, 5.41) is 0. The average molecular weight is 466 g/mol. The zero-order valence-corrected chi connectivity index (χ0v) is 19.4. The van der Waals surface area contributed by atoms with Crippen molar-refractivity contribution in [3.8, 4) is 0 Å². The molecule has 2 aliphatic rings. The Morgan fingerprint density at radius 2 is 1.72 bits per heavy atom. The van der Waals surface area contributed by atoms with E-state index in [1.807, 2.05) is 0 Å². The molecule has 1 atom stereocenters. The molecular weight excluding hydrogens is 430 g/mol. The maximum atomic E-state index is 12.4. The Morgan fingerprint density at radius 3 is 2.38 bits per heavy atom. The van der Waals surface area contributed by atoms with Crippen LogP contribution in [0.15, 0.2) is 28.7 Å². The fraction of sp³-hybridized carbons (Fsp3) is 0.696. The van der Waals surface area contributed by atoms with Gasteiger partial charge in [-0.25, -0.2) is 0 Å². The Bertz CT molecular complexity index is 611. The van der Waals surface area contributed by atoms with Gasteiger partial charge in [-0.15, -0.1) is 0 Å². The number of likely N-dealkylation sites (tertiary alicyclic amines) is 1. The lowest BCUT2D eigenvalue weighted by Crippen LogP contribution is -2.53. The molecule has 0 saturated carbocycles. The third-order valence-corrected chi connectivity index (χ3v) is 6.63. The van der Waals surface area contributed by atoms with Gasteiger partial charge in [-0.2, -0.15) is 0 Å². The number of rotatable bonds is 9. The second-order valence-corrected chi connectivity index (χ2v) is 9.21. The largest absolute Gasteiger partial charge is 0.466 e. The van der Waals surface area contributed by atoms with Crippen LogP contribution in [-0.4, -0.2) is 74.2 Å². The average Bonchev–Trinajstić information content (AvgIpc) is 2.75. The molecule has 0 aliphatic carbocycles. The van der Waals surface area contributed by atoms with Gasteiger partial charge in [0, 0.05) is 48.9 Å². The molecule has 2 heterocycles. The van der Waals surface area contributed by atoms with Crippen molar-refractivity contribution in [2.24, 2.45) is 0 Å². The van der Waals surface area contributed by atoms with Gasteiger partial charge in [0.1, 0.15) is 0 Å². The summed E-state index contributed by atoms with van der Waals surface area (Å²) >= 11 is 3.51. The van der Waals surface area contributed by atoms with Crippen molar-refractivity contribution in [2.45, 2.75) is 51.5 Å². The lowest BCUT2D eigenvalue weighted by molar-refractivity contribution is -0.145. The van der Waals surface area contributed by atoms with E-state index in [-0.39, 0.29) is 12.0 Å². The molecular formula is C23H36BrN3O2. The molecule has 1 unspecified atom stereocenters. The number of carbonyl (C=O) groups is 1. The van der Waals surface area contributed by atoms with Crippen LogP contribution in [0.1, 0.15) is 45.4 Å². The van der Waals surface area contributed by atoms with E-state index in [0.717, 1.165) is 63.1 Å². The fourth-order valence-electron chi connectivity index (χ4n) is 4.31. The molecule has 0 N–H and O–H groups in total. The summed E-state index contributed by atoms with van der Waals surface area (Å²) in [5.74, 6) is -0.0254. The van der Waals surface area contributed by atoms with Crippen molar-refractivity contribution in [3.63, 3.8) is 0 Å². The zero-order valence-electron chi connectivity index (χ0n) is 17.8. The van der Waals surface area contributed by atoms with Gasteiger partial charge in [-0.05, 0) is 56.6 Å². The second kappa shape index (κ2) is 11.9. The normalized spacial score (nSPS) is 19.9. The van der Waals surface area contributed by atoms with Gasteiger partial charge in [0.2, 0.25) is 0 Å². The number of carbonyl (C=O) groups excluding carboxylic acids is 1. The SMILES string of the molecule is CCCCOC(=O)CC(CN1CCN(c2ccc(Br)cc2)CC1)N1CCCCC1. The highest BCUT2D eigenvalue weighted by atomic mass is 79.9. The van der Waals surface area contributed by atoms with E-state index in [1.54, 1.807) is 0 Å². The van der Waals surface area contributed by atoms with E-state index in [1.165, 1.54) is 24.9 Å². The minimum absolute atomic E-state index is 0.0254. The summed E-state index contributed by atoms with van der Waals surface area (Å²) in [5.41, 5.74) is 1.29. The van der Waals surface area contributed by atoms with Crippen molar-refractivity contribution < 1.29 is 9.53 Å². The summed E-state index contributed by atoms with van der Waals surface area (Å²) in [6.45, 7) is 10.1. The number of benzene rings is 1. The Morgan fingerprint density at radius 1 is 1.03 bits per heavy atom. The zero-order chi connectivity index (χ0) is 20.5. The van der Waals surface area contributed by atoms with E-state index >= 15 is 0 Å². The molecule has 29 heavy (non-hydrogen) atoms. The minimum Gasteiger partial charge on any atom is -0.466 e. The summed E-state index contributed by atoms with van der Waals surface area (Å²) in [6, 6.07) is 8.87. The number of piperidine rings is 1. The monoisotopic (exact) mass is 465 g/mol. The number of halogens is 1. The van der Waals surface area contributed by atoms with Crippen molar-refractivity contribution in [1.82, 2.24) is 9.80 Å². The van der Waals surface area contributed by atoms with E-state index in [9.17, 15) is 4.79 Å². The first-order valence-corrected chi connectivity index (χ1v) is 12.1. The molecule has 2 aliphatic heterocycles. The van der Waals surface area contributed by atoms with E-state index in [0.29, 0.717) is 13.0 Å². The maximum Gasteiger partial charge on any atom is 0.307 e. The quantitative estimate of drug-likeness (QED) is 0.404. The van der Waals surface area contributed by atoms with Gasteiger partial charge in [-0.1, -0.05) is 35.7 Å². The molecule has 2 saturated heterocycles. The summed E-state index contributed by atoms with van der Waals surface area (Å²) < 4.78 is 6.60. The van der Waals surface area contributed by atoms with Crippen molar-refractivity contribution >= 4 is 27.6 Å². The number of unbranched alkanes of at least 4 members (excludes halogenated alkanes) is 1. The Balaban J connectivity index is 1.52. The number of esters is 1. The van der Waals surface area contributed by atoms with E-state index in [4.69, 9.17) is 4.74 Å². The highest BCUT2D eigenvalue weighted by molar-refractivity contribution is 9.10. The van der Waals surface area contributed by atoms with Gasteiger partial charge in [0.05, 0.1) is 13.0 Å². The Labute approximate surface area is 184 Å². The lowest BCUT2D eigenvalue weighted by Gasteiger charge is -2.41. The smallest absolute Gasteiger partial charge is 0.307 e. The highest BCUT2D eigenvalue weighted by Crippen LogP contribution is 2.21. The summed E-state index contributed by atoms with van der Waals surface area (Å²) in [6.07, 6.45) is 6.35. The van der Waals surface area contributed by atoms with Gasteiger partial charge in [-0.3, -0.25) is 14.6 Å². The molecule has 0 spiro atoms.